The van der Waals surface area contributed by atoms with E-state index in [9.17, 15) is 4.79 Å². The minimum atomic E-state index is -0.411. The zero-order valence-electron chi connectivity index (χ0n) is 17.4. The molecule has 10 heteroatoms. The summed E-state index contributed by atoms with van der Waals surface area (Å²) in [6.45, 7) is 4.50. The standard InChI is InChI=1S/C22H20Cl2N6O2/c1-14-9-18(10-15(2)20(14)24)32-13-29-8-7-19(27-29)21(31)26-22-25-12-30(28-22)11-16-3-5-17(23)6-4-16/h3-10,12H,11,13H2,1-2H3,(H,26,28,31). The van der Waals surface area contributed by atoms with E-state index in [1.54, 1.807) is 23.3 Å². The van der Waals surface area contributed by atoms with E-state index in [0.29, 0.717) is 17.3 Å². The number of nitrogens with zero attached hydrogens (tertiary/aromatic N) is 5. The summed E-state index contributed by atoms with van der Waals surface area (Å²) in [5.41, 5.74) is 3.11. The third kappa shape index (κ3) is 5.27. The van der Waals surface area contributed by atoms with Gasteiger partial charge in [-0.3, -0.25) is 10.1 Å². The molecule has 2 aromatic heterocycles. The minimum absolute atomic E-state index is 0.155. The lowest BCUT2D eigenvalue weighted by Gasteiger charge is -2.10. The highest BCUT2D eigenvalue weighted by Gasteiger charge is 2.13. The molecule has 0 aliphatic rings. The van der Waals surface area contributed by atoms with Crippen molar-refractivity contribution >= 4 is 35.1 Å². The second kappa shape index (κ2) is 9.42. The third-order valence-electron chi connectivity index (χ3n) is 4.67. The highest BCUT2D eigenvalue weighted by Crippen LogP contribution is 2.26. The molecule has 164 valence electrons. The van der Waals surface area contributed by atoms with Gasteiger partial charge in [0.15, 0.2) is 12.4 Å². The molecule has 0 bridgehead atoms. The van der Waals surface area contributed by atoms with Crippen LogP contribution >= 0.6 is 23.2 Å². The number of halogens is 2. The Hall–Kier alpha value is -3.36. The molecule has 0 saturated heterocycles. The summed E-state index contributed by atoms with van der Waals surface area (Å²) in [4.78, 5) is 16.6. The number of ether oxygens (including phenoxy) is 1. The van der Waals surface area contributed by atoms with E-state index in [0.717, 1.165) is 21.7 Å². The van der Waals surface area contributed by atoms with Gasteiger partial charge in [0.1, 0.15) is 12.1 Å². The Bertz CT molecular complexity index is 1230. The van der Waals surface area contributed by atoms with Crippen LogP contribution in [0.2, 0.25) is 10.0 Å². The van der Waals surface area contributed by atoms with E-state index >= 15 is 0 Å². The zero-order chi connectivity index (χ0) is 22.7. The first-order chi connectivity index (χ1) is 15.4. The summed E-state index contributed by atoms with van der Waals surface area (Å²) in [5, 5.41) is 12.6. The predicted octanol–water partition coefficient (Wildman–Crippen LogP) is 4.74. The number of amides is 1. The summed E-state index contributed by atoms with van der Waals surface area (Å²) in [5.74, 6) is 0.467. The predicted molar refractivity (Wildman–Crippen MR) is 122 cm³/mol. The lowest BCUT2D eigenvalue weighted by molar-refractivity contribution is 0.101. The molecule has 2 aromatic carbocycles. The van der Waals surface area contributed by atoms with Crippen LogP contribution in [0.1, 0.15) is 27.2 Å². The van der Waals surface area contributed by atoms with Crippen molar-refractivity contribution in [2.45, 2.75) is 27.1 Å². The fourth-order valence-electron chi connectivity index (χ4n) is 3.06. The first-order valence-corrected chi connectivity index (χ1v) is 10.5. The van der Waals surface area contributed by atoms with Crippen LogP contribution in [0.3, 0.4) is 0 Å². The van der Waals surface area contributed by atoms with Gasteiger partial charge < -0.3 is 4.74 Å². The van der Waals surface area contributed by atoms with Crippen molar-refractivity contribution in [3.05, 3.63) is 87.4 Å². The lowest BCUT2D eigenvalue weighted by atomic mass is 10.1. The average molecular weight is 471 g/mol. The Kier molecular flexibility index (Phi) is 6.43. The molecule has 0 radical (unpaired) electrons. The van der Waals surface area contributed by atoms with Gasteiger partial charge in [0.2, 0.25) is 5.95 Å². The lowest BCUT2D eigenvalue weighted by Crippen LogP contribution is -2.15. The smallest absolute Gasteiger partial charge is 0.278 e. The molecule has 0 atom stereocenters. The van der Waals surface area contributed by atoms with E-state index in [1.807, 2.05) is 50.2 Å². The van der Waals surface area contributed by atoms with E-state index in [-0.39, 0.29) is 18.4 Å². The molecular formula is C22H20Cl2N6O2. The fourth-order valence-corrected chi connectivity index (χ4v) is 3.29. The summed E-state index contributed by atoms with van der Waals surface area (Å²) in [6, 6.07) is 12.8. The number of hydrogen-bond donors (Lipinski definition) is 1. The Balaban J connectivity index is 1.34. The first kappa shape index (κ1) is 21.9. The number of aryl methyl sites for hydroxylation is 2. The number of carbonyl (C=O) groups is 1. The van der Waals surface area contributed by atoms with Crippen molar-refractivity contribution in [1.82, 2.24) is 24.5 Å². The molecule has 4 rings (SSSR count). The summed E-state index contributed by atoms with van der Waals surface area (Å²) >= 11 is 12.1. The van der Waals surface area contributed by atoms with Crippen molar-refractivity contribution in [3.63, 3.8) is 0 Å². The van der Waals surface area contributed by atoms with Crippen LogP contribution in [0.25, 0.3) is 0 Å². The van der Waals surface area contributed by atoms with Crippen molar-refractivity contribution in [3.8, 4) is 5.75 Å². The van der Waals surface area contributed by atoms with Crippen LogP contribution in [0.15, 0.2) is 55.0 Å². The van der Waals surface area contributed by atoms with Crippen molar-refractivity contribution in [1.29, 1.82) is 0 Å². The molecule has 1 amide bonds. The molecule has 0 spiro atoms. The molecule has 1 N–H and O–H groups in total. The normalized spacial score (nSPS) is 10.9. The summed E-state index contributed by atoms with van der Waals surface area (Å²) in [6.07, 6.45) is 3.21. The Morgan fingerprint density at radius 1 is 1.03 bits per heavy atom. The minimum Gasteiger partial charge on any atom is -0.471 e. The van der Waals surface area contributed by atoms with E-state index in [1.165, 1.54) is 4.68 Å². The van der Waals surface area contributed by atoms with E-state index < -0.39 is 5.91 Å². The Morgan fingerprint density at radius 3 is 2.47 bits per heavy atom. The quantitative estimate of drug-likeness (QED) is 0.421. The van der Waals surface area contributed by atoms with E-state index in [2.05, 4.69) is 20.5 Å². The molecule has 0 saturated carbocycles. The van der Waals surface area contributed by atoms with Gasteiger partial charge in [-0.15, -0.1) is 5.10 Å². The largest absolute Gasteiger partial charge is 0.471 e. The van der Waals surface area contributed by atoms with Gasteiger partial charge in [0.05, 0.1) is 6.54 Å². The molecule has 32 heavy (non-hydrogen) atoms. The monoisotopic (exact) mass is 470 g/mol. The van der Waals surface area contributed by atoms with Gasteiger partial charge in [-0.25, -0.2) is 14.3 Å². The van der Waals surface area contributed by atoms with Crippen LogP contribution in [-0.2, 0) is 13.3 Å². The van der Waals surface area contributed by atoms with Gasteiger partial charge in [-0.1, -0.05) is 35.3 Å². The van der Waals surface area contributed by atoms with E-state index in [4.69, 9.17) is 27.9 Å². The molecule has 0 aliphatic heterocycles. The Morgan fingerprint density at radius 2 is 1.75 bits per heavy atom. The third-order valence-corrected chi connectivity index (χ3v) is 5.51. The highest BCUT2D eigenvalue weighted by atomic mass is 35.5. The average Bonchev–Trinajstić information content (AvgIpc) is 3.41. The highest BCUT2D eigenvalue weighted by molar-refractivity contribution is 6.32. The van der Waals surface area contributed by atoms with Crippen molar-refractivity contribution < 1.29 is 9.53 Å². The van der Waals surface area contributed by atoms with Crippen molar-refractivity contribution in [2.24, 2.45) is 0 Å². The number of carbonyl (C=O) groups excluding carboxylic acids is 1. The molecule has 2 heterocycles. The topological polar surface area (TPSA) is 86.9 Å². The molecule has 8 nitrogen and oxygen atoms in total. The zero-order valence-corrected chi connectivity index (χ0v) is 18.9. The van der Waals surface area contributed by atoms with Crippen LogP contribution < -0.4 is 10.1 Å². The fraction of sp³-hybridized carbons (Fsp3) is 0.182. The van der Waals surface area contributed by atoms with Gasteiger partial charge in [0.25, 0.3) is 5.91 Å². The van der Waals surface area contributed by atoms with Gasteiger partial charge >= 0.3 is 0 Å². The number of benzene rings is 2. The maximum Gasteiger partial charge on any atom is 0.278 e. The SMILES string of the molecule is Cc1cc(OCn2ccc(C(=O)Nc3ncn(Cc4ccc(Cl)cc4)n3)n2)cc(C)c1Cl. The Labute approximate surface area is 194 Å². The molecular weight excluding hydrogens is 451 g/mol. The van der Waals surface area contributed by atoms with Crippen LogP contribution in [0, 0.1) is 13.8 Å². The van der Waals surface area contributed by atoms with Crippen molar-refractivity contribution in [2.75, 3.05) is 5.32 Å². The second-order valence-corrected chi connectivity index (χ2v) is 8.05. The maximum atomic E-state index is 12.5. The summed E-state index contributed by atoms with van der Waals surface area (Å²) in [7, 11) is 0. The van der Waals surface area contributed by atoms with Gasteiger partial charge in [0, 0.05) is 16.2 Å². The molecule has 0 unspecified atom stereocenters. The van der Waals surface area contributed by atoms with Crippen LogP contribution in [-0.4, -0.2) is 30.5 Å². The number of nitrogens with one attached hydrogen (secondary N) is 1. The number of anilines is 1. The first-order valence-electron chi connectivity index (χ1n) is 9.75. The van der Waals surface area contributed by atoms with Gasteiger partial charge in [-0.2, -0.15) is 5.10 Å². The van der Waals surface area contributed by atoms with Gasteiger partial charge in [-0.05, 0) is 60.9 Å². The number of aromatic nitrogens is 5. The number of hydrogen-bond acceptors (Lipinski definition) is 5. The number of rotatable bonds is 7. The second-order valence-electron chi connectivity index (χ2n) is 7.23. The van der Waals surface area contributed by atoms with Crippen LogP contribution in [0.4, 0.5) is 5.95 Å². The summed E-state index contributed by atoms with van der Waals surface area (Å²) < 4.78 is 8.92. The van der Waals surface area contributed by atoms with Crippen LogP contribution in [0.5, 0.6) is 5.75 Å². The molecule has 0 fully saturated rings. The maximum absolute atomic E-state index is 12.5. The molecule has 4 aromatic rings. The molecule has 0 aliphatic carbocycles.